The molecule has 1 atom stereocenters. The molecule has 2 aromatic rings. The van der Waals surface area contributed by atoms with Crippen molar-refractivity contribution >= 4 is 5.91 Å². The van der Waals surface area contributed by atoms with E-state index in [4.69, 9.17) is 4.74 Å². The van der Waals surface area contributed by atoms with Crippen molar-refractivity contribution in [1.29, 1.82) is 0 Å². The highest BCUT2D eigenvalue weighted by Gasteiger charge is 2.26. The minimum absolute atomic E-state index is 0.0726. The molecule has 1 amide bonds. The molecule has 2 aromatic heterocycles. The molecule has 0 radical (unpaired) electrons. The van der Waals surface area contributed by atoms with Gasteiger partial charge in [-0.15, -0.1) is 0 Å². The van der Waals surface area contributed by atoms with Crippen LogP contribution in [-0.4, -0.2) is 50.5 Å². The van der Waals surface area contributed by atoms with Crippen molar-refractivity contribution in [2.45, 2.75) is 19.2 Å². The Bertz CT molecular complexity index is 598. The average molecular weight is 273 g/mol. The number of fused-ring (bicyclic) bond motifs is 1. The van der Waals surface area contributed by atoms with E-state index in [1.807, 2.05) is 10.7 Å². The Hall–Kier alpha value is -2.28. The van der Waals surface area contributed by atoms with Gasteiger partial charge in [0.1, 0.15) is 0 Å². The maximum Gasteiger partial charge on any atom is 0.255 e. The number of hydrogen-bond donors (Lipinski definition) is 0. The first kappa shape index (κ1) is 12.7. The third-order valence-electron chi connectivity index (χ3n) is 3.41. The number of nitrogens with zero attached hydrogens (tertiary/aromatic N) is 5. The largest absolute Gasteiger partial charge is 0.378 e. The van der Waals surface area contributed by atoms with Crippen molar-refractivity contribution < 1.29 is 9.53 Å². The average Bonchev–Trinajstić information content (AvgIpc) is 2.85. The predicted octanol–water partition coefficient (Wildman–Crippen LogP) is 0.344. The van der Waals surface area contributed by atoms with E-state index in [1.54, 1.807) is 24.3 Å². The molecule has 0 saturated heterocycles. The molecule has 3 rings (SSSR count). The van der Waals surface area contributed by atoms with Gasteiger partial charge in [0.2, 0.25) is 0 Å². The Kier molecular flexibility index (Phi) is 3.42. The standard InChI is InChI=1S/C13H15N5O2/c1-20-12-8-17(7-11-3-5-16-18(11)9-12)13(19)10-2-4-14-15-6-10/h2-6,12H,7-9H2,1H3. The monoisotopic (exact) mass is 273 g/mol. The van der Waals surface area contributed by atoms with Crippen LogP contribution in [0.15, 0.2) is 30.7 Å². The summed E-state index contributed by atoms with van der Waals surface area (Å²) in [5, 5.41) is 11.7. The molecule has 3 heterocycles. The second-order valence-corrected chi connectivity index (χ2v) is 4.68. The minimum Gasteiger partial charge on any atom is -0.378 e. The van der Waals surface area contributed by atoms with Crippen LogP contribution in [0.1, 0.15) is 16.1 Å². The van der Waals surface area contributed by atoms with Crippen LogP contribution in [0.5, 0.6) is 0 Å². The number of amides is 1. The number of rotatable bonds is 2. The van der Waals surface area contributed by atoms with Gasteiger partial charge in [-0.2, -0.15) is 15.3 Å². The summed E-state index contributed by atoms with van der Waals surface area (Å²) in [5.74, 6) is -0.0726. The number of ether oxygens (including phenoxy) is 1. The highest BCUT2D eigenvalue weighted by molar-refractivity contribution is 5.93. The summed E-state index contributed by atoms with van der Waals surface area (Å²) in [4.78, 5) is 14.3. The van der Waals surface area contributed by atoms with E-state index in [0.29, 0.717) is 25.2 Å². The first-order valence-corrected chi connectivity index (χ1v) is 6.37. The van der Waals surface area contributed by atoms with Crippen LogP contribution in [0.3, 0.4) is 0 Å². The third kappa shape index (κ3) is 2.39. The zero-order chi connectivity index (χ0) is 13.9. The molecule has 1 unspecified atom stereocenters. The van der Waals surface area contributed by atoms with Gasteiger partial charge >= 0.3 is 0 Å². The highest BCUT2D eigenvalue weighted by atomic mass is 16.5. The van der Waals surface area contributed by atoms with Crippen molar-refractivity contribution in [3.63, 3.8) is 0 Å². The summed E-state index contributed by atoms with van der Waals surface area (Å²) >= 11 is 0. The van der Waals surface area contributed by atoms with Gasteiger partial charge in [0, 0.05) is 19.9 Å². The first-order chi connectivity index (χ1) is 9.78. The lowest BCUT2D eigenvalue weighted by atomic mass is 10.2. The second kappa shape index (κ2) is 5.38. The molecule has 0 saturated carbocycles. The van der Waals surface area contributed by atoms with E-state index in [0.717, 1.165) is 5.69 Å². The minimum atomic E-state index is -0.0742. The molecule has 0 aliphatic carbocycles. The van der Waals surface area contributed by atoms with Crippen molar-refractivity contribution in [1.82, 2.24) is 24.9 Å². The lowest BCUT2D eigenvalue weighted by Gasteiger charge is -2.23. The fourth-order valence-corrected chi connectivity index (χ4v) is 2.32. The Morgan fingerprint density at radius 1 is 1.30 bits per heavy atom. The van der Waals surface area contributed by atoms with Crippen LogP contribution in [0.25, 0.3) is 0 Å². The van der Waals surface area contributed by atoms with Gasteiger partial charge in [-0.1, -0.05) is 0 Å². The molecule has 0 N–H and O–H groups in total. The number of methoxy groups -OCH3 is 1. The van der Waals surface area contributed by atoms with Crippen molar-refractivity contribution in [2.75, 3.05) is 13.7 Å². The normalized spacial score (nSPS) is 18.4. The summed E-state index contributed by atoms with van der Waals surface area (Å²) in [6.07, 6.45) is 4.66. The number of aromatic nitrogens is 4. The maximum atomic E-state index is 12.5. The van der Waals surface area contributed by atoms with E-state index in [2.05, 4.69) is 15.3 Å². The fraction of sp³-hybridized carbons (Fsp3) is 0.385. The fourth-order valence-electron chi connectivity index (χ4n) is 2.32. The molecule has 1 aliphatic rings. The Labute approximate surface area is 116 Å². The molecular formula is C13H15N5O2. The molecule has 1 aliphatic heterocycles. The molecule has 0 bridgehead atoms. The molecule has 20 heavy (non-hydrogen) atoms. The number of carbonyl (C=O) groups is 1. The van der Waals surface area contributed by atoms with Gasteiger partial charge in [0.15, 0.2) is 0 Å². The zero-order valence-corrected chi connectivity index (χ0v) is 11.1. The lowest BCUT2D eigenvalue weighted by molar-refractivity contribution is 0.0449. The molecule has 7 nitrogen and oxygen atoms in total. The van der Waals surface area contributed by atoms with E-state index >= 15 is 0 Å². The van der Waals surface area contributed by atoms with Crippen LogP contribution in [0.2, 0.25) is 0 Å². The van der Waals surface area contributed by atoms with Crippen molar-refractivity contribution in [3.8, 4) is 0 Å². The molecular weight excluding hydrogens is 258 g/mol. The zero-order valence-electron chi connectivity index (χ0n) is 11.1. The predicted molar refractivity (Wildman–Crippen MR) is 69.8 cm³/mol. The Morgan fingerprint density at radius 3 is 2.95 bits per heavy atom. The topological polar surface area (TPSA) is 73.1 Å². The van der Waals surface area contributed by atoms with Gasteiger partial charge in [-0.3, -0.25) is 9.48 Å². The van der Waals surface area contributed by atoms with Gasteiger partial charge in [-0.25, -0.2) is 0 Å². The van der Waals surface area contributed by atoms with Crippen molar-refractivity contribution in [2.24, 2.45) is 0 Å². The molecule has 0 spiro atoms. The highest BCUT2D eigenvalue weighted by Crippen LogP contribution is 2.15. The Balaban J connectivity index is 1.87. The van der Waals surface area contributed by atoms with Crippen LogP contribution < -0.4 is 0 Å². The number of carbonyl (C=O) groups excluding carboxylic acids is 1. The summed E-state index contributed by atoms with van der Waals surface area (Å²) in [5.41, 5.74) is 1.53. The third-order valence-corrected chi connectivity index (χ3v) is 3.41. The molecule has 7 heteroatoms. The van der Waals surface area contributed by atoms with Crippen molar-refractivity contribution in [3.05, 3.63) is 42.0 Å². The summed E-state index contributed by atoms with van der Waals surface area (Å²) in [7, 11) is 1.65. The van der Waals surface area contributed by atoms with E-state index in [9.17, 15) is 4.79 Å². The van der Waals surface area contributed by atoms with Crippen LogP contribution in [0.4, 0.5) is 0 Å². The summed E-state index contributed by atoms with van der Waals surface area (Å²) in [6, 6.07) is 3.59. The Morgan fingerprint density at radius 2 is 2.20 bits per heavy atom. The maximum absolute atomic E-state index is 12.5. The second-order valence-electron chi connectivity index (χ2n) is 4.68. The SMILES string of the molecule is COC1CN(C(=O)c2ccnnc2)Cc2ccnn2C1. The molecule has 0 fully saturated rings. The molecule has 0 aromatic carbocycles. The van der Waals surface area contributed by atoms with Gasteiger partial charge < -0.3 is 9.64 Å². The summed E-state index contributed by atoms with van der Waals surface area (Å²) < 4.78 is 7.31. The lowest BCUT2D eigenvalue weighted by Crippen LogP contribution is -2.37. The van der Waals surface area contributed by atoms with E-state index in [1.165, 1.54) is 12.4 Å². The van der Waals surface area contributed by atoms with E-state index in [-0.39, 0.29) is 12.0 Å². The molecule has 104 valence electrons. The summed E-state index contributed by atoms with van der Waals surface area (Å²) in [6.45, 7) is 1.69. The quantitative estimate of drug-likeness (QED) is 0.789. The number of hydrogen-bond acceptors (Lipinski definition) is 5. The van der Waals surface area contributed by atoms with Gasteiger partial charge in [-0.05, 0) is 12.1 Å². The van der Waals surface area contributed by atoms with Crippen LogP contribution >= 0.6 is 0 Å². The smallest absolute Gasteiger partial charge is 0.255 e. The van der Waals surface area contributed by atoms with Crippen LogP contribution in [-0.2, 0) is 17.8 Å². The van der Waals surface area contributed by atoms with E-state index < -0.39 is 0 Å². The van der Waals surface area contributed by atoms with Gasteiger partial charge in [0.05, 0.1) is 42.8 Å². The van der Waals surface area contributed by atoms with Crippen LogP contribution in [0, 0.1) is 0 Å². The van der Waals surface area contributed by atoms with Gasteiger partial charge in [0.25, 0.3) is 5.91 Å². The first-order valence-electron chi connectivity index (χ1n) is 6.37.